The van der Waals surface area contributed by atoms with E-state index in [0.29, 0.717) is 29.3 Å². The Balaban J connectivity index is 1.67. The second-order valence-corrected chi connectivity index (χ2v) is 7.39. The van der Waals surface area contributed by atoms with E-state index in [4.69, 9.17) is 45.0 Å². The average Bonchev–Trinajstić information content (AvgIpc) is 2.71. The molecule has 0 bridgehead atoms. The van der Waals surface area contributed by atoms with Crippen molar-refractivity contribution in [2.24, 2.45) is 10.2 Å². The number of hydroxylamine groups is 2. The molecule has 0 atom stereocenters. The van der Waals surface area contributed by atoms with Crippen LogP contribution in [0.25, 0.3) is 0 Å². The van der Waals surface area contributed by atoms with Gasteiger partial charge in [0.1, 0.15) is 4.99 Å². The quantitative estimate of drug-likeness (QED) is 0.122. The Kier molecular flexibility index (Phi) is 7.14. The largest absolute Gasteiger partial charge is 0.539 e. The molecule has 2 aromatic rings. The molecule has 0 amide bonds. The molecule has 0 spiro atoms. The normalized spacial score (nSPS) is 14.1. The van der Waals surface area contributed by atoms with E-state index < -0.39 is 11.1 Å². The van der Waals surface area contributed by atoms with Crippen molar-refractivity contribution in [1.82, 2.24) is 5.06 Å². The number of nitrogens with zero attached hydrogens (tertiary/aromatic N) is 4. The summed E-state index contributed by atoms with van der Waals surface area (Å²) in [4.78, 5) is 27.8. The van der Waals surface area contributed by atoms with Crippen molar-refractivity contribution in [1.29, 1.82) is 0 Å². The number of hydrogen-bond acceptors (Lipinski definition) is 8. The summed E-state index contributed by atoms with van der Waals surface area (Å²) in [5.74, 6) is -0.0828. The minimum atomic E-state index is -1.01. The fraction of sp³-hybridized carbons (Fsp3) is 0.222. The van der Waals surface area contributed by atoms with Crippen molar-refractivity contribution in [3.8, 4) is 5.75 Å². The Bertz CT molecular complexity index is 993. The van der Waals surface area contributed by atoms with E-state index in [2.05, 4.69) is 10.2 Å². The van der Waals surface area contributed by atoms with E-state index in [9.17, 15) is 14.9 Å². The maximum atomic E-state index is 12.0. The SMILES string of the molecule is O=C(Oc1c(Cl)cc(N=Nc2ccc([N+](=O)[O-])cc2)cc1Cl)ON1CCCCC1=S. The number of halogens is 2. The monoisotopic (exact) mass is 468 g/mol. The van der Waals surface area contributed by atoms with Gasteiger partial charge in [-0.05, 0) is 37.1 Å². The minimum absolute atomic E-state index is 0.0262. The molecule has 1 saturated heterocycles. The molecule has 1 aliphatic heterocycles. The molecule has 0 unspecified atom stereocenters. The number of rotatable bonds is 5. The Morgan fingerprint density at radius 3 is 2.33 bits per heavy atom. The van der Waals surface area contributed by atoms with Crippen LogP contribution in [0.3, 0.4) is 0 Å². The predicted octanol–water partition coefficient (Wildman–Crippen LogP) is 6.56. The molecular weight excluding hydrogens is 455 g/mol. The number of azo groups is 1. The number of nitro groups is 1. The fourth-order valence-corrected chi connectivity index (χ4v) is 3.35. The van der Waals surface area contributed by atoms with Gasteiger partial charge in [0.15, 0.2) is 5.75 Å². The van der Waals surface area contributed by atoms with Crippen molar-refractivity contribution in [2.45, 2.75) is 19.3 Å². The summed E-state index contributed by atoms with van der Waals surface area (Å²) in [6.07, 6.45) is 1.45. The van der Waals surface area contributed by atoms with Crippen LogP contribution in [0.5, 0.6) is 5.75 Å². The highest BCUT2D eigenvalue weighted by atomic mass is 35.5. The molecule has 0 radical (unpaired) electrons. The van der Waals surface area contributed by atoms with E-state index in [0.717, 1.165) is 12.8 Å². The lowest BCUT2D eigenvalue weighted by Crippen LogP contribution is -2.37. The zero-order chi connectivity index (χ0) is 21.7. The second kappa shape index (κ2) is 9.79. The lowest BCUT2D eigenvalue weighted by Gasteiger charge is -2.26. The lowest BCUT2D eigenvalue weighted by atomic mass is 10.2. The molecular formula is C18H14Cl2N4O5S. The Morgan fingerprint density at radius 1 is 1.10 bits per heavy atom. The lowest BCUT2D eigenvalue weighted by molar-refractivity contribution is -0.384. The first-order valence-electron chi connectivity index (χ1n) is 8.69. The summed E-state index contributed by atoms with van der Waals surface area (Å²) in [6.45, 7) is 0.497. The number of benzene rings is 2. The van der Waals surface area contributed by atoms with Crippen LogP contribution < -0.4 is 4.74 Å². The maximum absolute atomic E-state index is 12.0. The first kappa shape index (κ1) is 21.9. The van der Waals surface area contributed by atoms with Crippen LogP contribution in [0.4, 0.5) is 21.9 Å². The van der Waals surface area contributed by atoms with Crippen molar-refractivity contribution in [3.63, 3.8) is 0 Å². The molecule has 0 N–H and O–H groups in total. The average molecular weight is 469 g/mol. The van der Waals surface area contributed by atoms with Gasteiger partial charge in [-0.2, -0.15) is 15.3 Å². The zero-order valence-electron chi connectivity index (χ0n) is 15.3. The molecule has 1 fully saturated rings. The topological polar surface area (TPSA) is 107 Å². The van der Waals surface area contributed by atoms with Gasteiger partial charge in [0.25, 0.3) is 5.69 Å². The molecule has 0 aliphatic carbocycles. The Hall–Kier alpha value is -2.82. The van der Waals surface area contributed by atoms with Crippen molar-refractivity contribution in [3.05, 3.63) is 56.6 Å². The van der Waals surface area contributed by atoms with Crippen LogP contribution in [0.2, 0.25) is 10.0 Å². The van der Waals surface area contributed by atoms with Gasteiger partial charge in [-0.1, -0.05) is 35.4 Å². The molecule has 0 aromatic heterocycles. The number of piperidine rings is 1. The van der Waals surface area contributed by atoms with Crippen LogP contribution in [-0.2, 0) is 4.84 Å². The molecule has 0 saturated carbocycles. The first-order chi connectivity index (χ1) is 14.3. The third-order valence-electron chi connectivity index (χ3n) is 3.97. The fourth-order valence-electron chi connectivity index (χ4n) is 2.53. The predicted molar refractivity (Wildman–Crippen MR) is 114 cm³/mol. The summed E-state index contributed by atoms with van der Waals surface area (Å²) in [6, 6.07) is 8.31. The van der Waals surface area contributed by atoms with Crippen molar-refractivity contribution >= 4 is 63.6 Å². The van der Waals surface area contributed by atoms with E-state index in [1.165, 1.54) is 41.5 Å². The van der Waals surface area contributed by atoms with Crippen molar-refractivity contribution < 1.29 is 19.3 Å². The van der Waals surface area contributed by atoms with Gasteiger partial charge < -0.3 is 9.57 Å². The zero-order valence-corrected chi connectivity index (χ0v) is 17.6. The third-order valence-corrected chi connectivity index (χ3v) is 4.94. The van der Waals surface area contributed by atoms with E-state index >= 15 is 0 Å². The number of carbonyl (C=O) groups excluding carboxylic acids is 1. The summed E-state index contributed by atoms with van der Waals surface area (Å²) < 4.78 is 5.12. The molecule has 3 rings (SSSR count). The molecule has 2 aromatic carbocycles. The number of carbonyl (C=O) groups is 1. The molecule has 12 heteroatoms. The second-order valence-electron chi connectivity index (χ2n) is 6.11. The Labute approximate surface area is 186 Å². The van der Waals surface area contributed by atoms with E-state index in [1.807, 2.05) is 0 Å². The third kappa shape index (κ3) is 5.62. The van der Waals surface area contributed by atoms with Crippen LogP contribution in [-0.4, -0.2) is 27.7 Å². The highest BCUT2D eigenvalue weighted by Gasteiger charge is 2.22. The molecule has 1 aliphatic rings. The van der Waals surface area contributed by atoms with Crippen LogP contribution in [0.1, 0.15) is 19.3 Å². The standard InChI is InChI=1S/C18H14Cl2N4O5S/c19-14-9-12(22-21-11-4-6-13(7-5-11)24(26)27)10-15(20)17(14)28-18(25)29-23-8-2-1-3-16(23)30/h4-7,9-10H,1-3,8H2. The number of ether oxygens (including phenoxy) is 1. The number of thiocarbonyl (C=S) groups is 1. The van der Waals surface area contributed by atoms with E-state index in [-0.39, 0.29) is 21.5 Å². The Morgan fingerprint density at radius 2 is 1.73 bits per heavy atom. The summed E-state index contributed by atoms with van der Waals surface area (Å²) in [5, 5.41) is 20.0. The van der Waals surface area contributed by atoms with Gasteiger partial charge in [-0.3, -0.25) is 10.1 Å². The maximum Gasteiger partial charge on any atom is 0.539 e. The van der Waals surface area contributed by atoms with E-state index in [1.54, 1.807) is 0 Å². The van der Waals surface area contributed by atoms with Gasteiger partial charge in [0.05, 0.1) is 32.9 Å². The molecule has 9 nitrogen and oxygen atoms in total. The van der Waals surface area contributed by atoms with Crippen LogP contribution >= 0.6 is 35.4 Å². The van der Waals surface area contributed by atoms with Gasteiger partial charge in [0, 0.05) is 18.6 Å². The van der Waals surface area contributed by atoms with Crippen LogP contribution in [0.15, 0.2) is 46.6 Å². The summed E-state index contributed by atoms with van der Waals surface area (Å²) in [5.41, 5.74) is 0.634. The highest BCUT2D eigenvalue weighted by molar-refractivity contribution is 7.80. The highest BCUT2D eigenvalue weighted by Crippen LogP contribution is 2.38. The summed E-state index contributed by atoms with van der Waals surface area (Å²) in [7, 11) is 0. The summed E-state index contributed by atoms with van der Waals surface area (Å²) >= 11 is 17.5. The van der Waals surface area contributed by atoms with Crippen molar-refractivity contribution in [2.75, 3.05) is 6.54 Å². The molecule has 156 valence electrons. The first-order valence-corrected chi connectivity index (χ1v) is 9.85. The molecule has 30 heavy (non-hydrogen) atoms. The van der Waals surface area contributed by atoms with Gasteiger partial charge in [0.2, 0.25) is 0 Å². The van der Waals surface area contributed by atoms with Gasteiger partial charge >= 0.3 is 6.16 Å². The van der Waals surface area contributed by atoms with Gasteiger partial charge in [-0.15, -0.1) is 0 Å². The number of nitro benzene ring substituents is 1. The number of non-ortho nitro benzene ring substituents is 1. The van der Waals surface area contributed by atoms with Gasteiger partial charge in [-0.25, -0.2) is 4.79 Å². The van der Waals surface area contributed by atoms with Crippen LogP contribution in [0, 0.1) is 10.1 Å². The molecule has 1 heterocycles. The minimum Gasteiger partial charge on any atom is -0.390 e. The smallest absolute Gasteiger partial charge is 0.390 e. The number of hydrogen-bond donors (Lipinski definition) is 0.